The maximum absolute atomic E-state index is 15.0. The summed E-state index contributed by atoms with van der Waals surface area (Å²) >= 11 is 0. The number of aromatic nitrogens is 2. The van der Waals surface area contributed by atoms with Crippen molar-refractivity contribution in [3.8, 4) is 5.69 Å². The first-order chi connectivity index (χ1) is 17.3. The van der Waals surface area contributed by atoms with Crippen LogP contribution in [0.4, 0.5) is 36.6 Å². The molecule has 0 bridgehead atoms. The lowest BCUT2D eigenvalue weighted by Gasteiger charge is -2.21. The van der Waals surface area contributed by atoms with E-state index in [1.54, 1.807) is 5.32 Å². The molecule has 0 saturated carbocycles. The number of aliphatic hydroxyl groups excluding tert-OH is 1. The number of amides is 1. The number of nitrogens with one attached hydrogen (secondary N) is 1. The molecule has 0 radical (unpaired) electrons. The third kappa shape index (κ3) is 4.97. The van der Waals surface area contributed by atoms with E-state index in [1.165, 1.54) is 4.90 Å². The van der Waals surface area contributed by atoms with E-state index in [0.29, 0.717) is 29.0 Å². The van der Waals surface area contributed by atoms with Crippen molar-refractivity contribution in [1.82, 2.24) is 14.9 Å². The van der Waals surface area contributed by atoms with Gasteiger partial charge in [0.1, 0.15) is 23.1 Å². The first-order valence-corrected chi connectivity index (χ1v) is 11.0. The molecular formula is C23H19F7N4O3. The summed E-state index contributed by atoms with van der Waals surface area (Å²) in [5, 5.41) is 10.8. The van der Waals surface area contributed by atoms with Crippen LogP contribution in [0.15, 0.2) is 29.2 Å². The minimum Gasteiger partial charge on any atom is -0.391 e. The van der Waals surface area contributed by atoms with Crippen molar-refractivity contribution in [3.05, 3.63) is 63.5 Å². The van der Waals surface area contributed by atoms with Gasteiger partial charge in [-0.25, -0.2) is 22.5 Å². The largest absolute Gasteiger partial charge is 0.408 e. The molecule has 0 aliphatic carbocycles. The Morgan fingerprint density at radius 3 is 2.35 bits per heavy atom. The molecule has 1 amide bonds. The number of rotatable bonds is 5. The molecule has 14 heteroatoms. The quantitative estimate of drug-likeness (QED) is 0.491. The van der Waals surface area contributed by atoms with E-state index in [0.717, 1.165) is 6.92 Å². The van der Waals surface area contributed by atoms with Gasteiger partial charge in [-0.1, -0.05) is 6.92 Å². The highest BCUT2D eigenvalue weighted by Crippen LogP contribution is 2.28. The topological polar surface area (TPSA) is 87.5 Å². The number of hydrogen-bond donors (Lipinski definition) is 2. The fraction of sp³-hybridized carbons (Fsp3) is 0.348. The zero-order valence-electron chi connectivity index (χ0n) is 19.0. The second-order valence-corrected chi connectivity index (χ2v) is 8.49. The van der Waals surface area contributed by atoms with Gasteiger partial charge >= 0.3 is 6.18 Å². The second kappa shape index (κ2) is 9.65. The van der Waals surface area contributed by atoms with Crippen molar-refractivity contribution in [1.29, 1.82) is 0 Å². The molecule has 4 rings (SSSR count). The van der Waals surface area contributed by atoms with Crippen molar-refractivity contribution in [3.63, 3.8) is 0 Å². The van der Waals surface area contributed by atoms with Crippen molar-refractivity contribution in [2.75, 3.05) is 18.0 Å². The lowest BCUT2D eigenvalue weighted by Crippen LogP contribution is -2.46. The molecule has 37 heavy (non-hydrogen) atoms. The summed E-state index contributed by atoms with van der Waals surface area (Å²) in [5.74, 6) is -7.24. The zero-order chi connectivity index (χ0) is 27.2. The number of nitrogens with zero attached hydrogens (tertiary/aromatic N) is 3. The molecule has 1 unspecified atom stereocenters. The molecule has 2 N–H and O–H groups in total. The van der Waals surface area contributed by atoms with Gasteiger partial charge in [0.15, 0.2) is 28.9 Å². The summed E-state index contributed by atoms with van der Waals surface area (Å²) in [7, 11) is 0. The Hall–Kier alpha value is -3.68. The lowest BCUT2D eigenvalue weighted by atomic mass is 10.1. The minimum absolute atomic E-state index is 0.0325. The van der Waals surface area contributed by atoms with Crippen LogP contribution in [0.3, 0.4) is 0 Å². The molecule has 2 aromatic heterocycles. The van der Waals surface area contributed by atoms with Crippen LogP contribution in [0.1, 0.15) is 30.1 Å². The summed E-state index contributed by atoms with van der Waals surface area (Å²) in [6, 6.07) is -1.10. The standard InChI is InChI=1S/C23H19F7N4O3/c1-2-17(23(28,29)30)31-22(37)13-9-34(18-14(25)5-10(24)6-15(18)26)20-12(19(13)36)7-16(27)21(32-20)33-4-3-11(35)8-33/h5-7,9,11,17,35H,2-4,8H2,1H3,(H,31,37)/t11-,17?/m0/s1. The van der Waals surface area contributed by atoms with Gasteiger partial charge in [0.2, 0.25) is 5.43 Å². The molecule has 198 valence electrons. The fourth-order valence-electron chi connectivity index (χ4n) is 4.12. The number of anilines is 1. The molecule has 2 atom stereocenters. The smallest absolute Gasteiger partial charge is 0.391 e. The van der Waals surface area contributed by atoms with Crippen LogP contribution in [0.2, 0.25) is 0 Å². The van der Waals surface area contributed by atoms with E-state index in [1.807, 2.05) is 0 Å². The van der Waals surface area contributed by atoms with Gasteiger partial charge in [-0.05, 0) is 18.9 Å². The number of benzene rings is 1. The van der Waals surface area contributed by atoms with Crippen LogP contribution in [0.5, 0.6) is 0 Å². The second-order valence-electron chi connectivity index (χ2n) is 8.49. The Morgan fingerprint density at radius 1 is 1.16 bits per heavy atom. The van der Waals surface area contributed by atoms with Gasteiger partial charge in [-0.3, -0.25) is 14.2 Å². The van der Waals surface area contributed by atoms with E-state index in [-0.39, 0.29) is 25.3 Å². The van der Waals surface area contributed by atoms with Crippen LogP contribution in [0, 0.1) is 23.3 Å². The number of carbonyl (C=O) groups excluding carboxylic acids is 1. The molecule has 1 aliphatic rings. The number of alkyl halides is 3. The van der Waals surface area contributed by atoms with E-state index < -0.39 is 81.6 Å². The highest BCUT2D eigenvalue weighted by Gasteiger charge is 2.40. The molecular weight excluding hydrogens is 513 g/mol. The SMILES string of the molecule is CCC(NC(=O)c1cn(-c2c(F)cc(F)cc2F)c2nc(N3CC[C@H](O)C3)c(F)cc2c1=O)C(F)(F)F. The number of hydrogen-bond acceptors (Lipinski definition) is 5. The normalized spacial score (nSPS) is 16.9. The molecule has 1 saturated heterocycles. The summed E-state index contributed by atoms with van der Waals surface area (Å²) in [5.41, 5.74) is -3.78. The summed E-state index contributed by atoms with van der Waals surface area (Å²) in [6.45, 7) is 1.27. The lowest BCUT2D eigenvalue weighted by molar-refractivity contribution is -0.153. The van der Waals surface area contributed by atoms with Gasteiger partial charge in [0.05, 0.1) is 11.5 Å². The van der Waals surface area contributed by atoms with Gasteiger partial charge in [0.25, 0.3) is 5.91 Å². The highest BCUT2D eigenvalue weighted by atomic mass is 19.4. The molecule has 1 aliphatic heterocycles. The number of carbonyl (C=O) groups is 1. The predicted octanol–water partition coefficient (Wildman–Crippen LogP) is 3.58. The average molecular weight is 532 g/mol. The van der Waals surface area contributed by atoms with Gasteiger partial charge in [-0.2, -0.15) is 13.2 Å². The Balaban J connectivity index is 1.99. The predicted molar refractivity (Wildman–Crippen MR) is 118 cm³/mol. The van der Waals surface area contributed by atoms with Crippen LogP contribution in [-0.2, 0) is 0 Å². The van der Waals surface area contributed by atoms with Gasteiger partial charge in [-0.15, -0.1) is 0 Å². The number of aliphatic hydroxyl groups is 1. The van der Waals surface area contributed by atoms with E-state index >= 15 is 0 Å². The summed E-state index contributed by atoms with van der Waals surface area (Å²) in [6.07, 6.45) is -5.42. The van der Waals surface area contributed by atoms with E-state index in [9.17, 15) is 45.4 Å². The number of halogens is 7. The van der Waals surface area contributed by atoms with E-state index in [2.05, 4.69) is 4.98 Å². The van der Waals surface area contributed by atoms with Gasteiger partial charge in [0, 0.05) is 31.4 Å². The van der Waals surface area contributed by atoms with Crippen molar-refractivity contribution < 1.29 is 40.6 Å². The Kier molecular flexibility index (Phi) is 6.88. The first kappa shape index (κ1) is 26.4. The first-order valence-electron chi connectivity index (χ1n) is 11.0. The number of fused-ring (bicyclic) bond motifs is 1. The number of pyridine rings is 2. The van der Waals surface area contributed by atoms with Crippen LogP contribution < -0.4 is 15.6 Å². The third-order valence-corrected chi connectivity index (χ3v) is 5.95. The monoisotopic (exact) mass is 532 g/mol. The molecule has 3 heterocycles. The summed E-state index contributed by atoms with van der Waals surface area (Å²) in [4.78, 5) is 31.1. The minimum atomic E-state index is -4.86. The molecule has 7 nitrogen and oxygen atoms in total. The van der Waals surface area contributed by atoms with E-state index in [4.69, 9.17) is 0 Å². The Morgan fingerprint density at radius 2 is 1.81 bits per heavy atom. The molecule has 1 aromatic carbocycles. The highest BCUT2D eigenvalue weighted by molar-refractivity contribution is 5.97. The van der Waals surface area contributed by atoms with Crippen molar-refractivity contribution >= 4 is 22.8 Å². The van der Waals surface area contributed by atoms with Crippen LogP contribution in [0.25, 0.3) is 16.7 Å². The summed E-state index contributed by atoms with van der Waals surface area (Å²) < 4.78 is 98.2. The fourth-order valence-corrected chi connectivity index (χ4v) is 4.12. The average Bonchev–Trinajstić information content (AvgIpc) is 3.23. The maximum atomic E-state index is 15.0. The van der Waals surface area contributed by atoms with Crippen LogP contribution >= 0.6 is 0 Å². The molecule has 0 spiro atoms. The van der Waals surface area contributed by atoms with Gasteiger partial charge < -0.3 is 15.3 Å². The number of β-amino-alcohol motifs (C(OH)–C–C–N with tert-alkyl or cyclic N) is 1. The molecule has 1 fully saturated rings. The third-order valence-electron chi connectivity index (χ3n) is 5.95. The molecule has 3 aromatic rings. The van der Waals surface area contributed by atoms with Crippen molar-refractivity contribution in [2.24, 2.45) is 0 Å². The maximum Gasteiger partial charge on any atom is 0.408 e. The van der Waals surface area contributed by atoms with Crippen LogP contribution in [-0.4, -0.2) is 52.0 Å². The van der Waals surface area contributed by atoms with Crippen molar-refractivity contribution in [2.45, 2.75) is 38.1 Å². The zero-order valence-corrected chi connectivity index (χ0v) is 19.0. The Bertz CT molecular complexity index is 1420. The Labute approximate surface area is 204 Å².